The van der Waals surface area contributed by atoms with Gasteiger partial charge in [-0.25, -0.2) is 5.84 Å². The van der Waals surface area contributed by atoms with Crippen molar-refractivity contribution in [2.75, 3.05) is 0 Å². The Hall–Kier alpha value is -2.21. The average Bonchev–Trinajstić information content (AvgIpc) is 2.75. The van der Waals surface area contributed by atoms with Gasteiger partial charge in [-0.1, -0.05) is 0 Å². The zero-order valence-corrected chi connectivity index (χ0v) is 9.42. The SMILES string of the molecule is Cc1ccnn1Cc1ccc(C(=O)NN)cn1. The highest BCUT2D eigenvalue weighted by Crippen LogP contribution is 2.04. The van der Waals surface area contributed by atoms with Gasteiger partial charge >= 0.3 is 0 Å². The fourth-order valence-corrected chi connectivity index (χ4v) is 1.45. The fraction of sp³-hybridized carbons (Fsp3) is 0.182. The predicted octanol–water partition coefficient (Wildman–Crippen LogP) is 0.238. The molecule has 0 aliphatic heterocycles. The molecule has 0 aromatic carbocycles. The minimum atomic E-state index is -0.348. The first-order valence-electron chi connectivity index (χ1n) is 5.15. The number of nitrogen functional groups attached to an aromatic ring is 1. The Morgan fingerprint density at radius 2 is 2.29 bits per heavy atom. The van der Waals surface area contributed by atoms with Crippen molar-refractivity contribution in [2.24, 2.45) is 5.84 Å². The number of aryl methyl sites for hydroxylation is 1. The van der Waals surface area contributed by atoms with Crippen LogP contribution in [0.4, 0.5) is 0 Å². The van der Waals surface area contributed by atoms with Crippen LogP contribution in [0.2, 0.25) is 0 Å². The number of nitrogens with zero attached hydrogens (tertiary/aromatic N) is 3. The highest BCUT2D eigenvalue weighted by atomic mass is 16.2. The van der Waals surface area contributed by atoms with Crippen LogP contribution in [0.25, 0.3) is 0 Å². The molecule has 2 aromatic rings. The number of aromatic nitrogens is 3. The average molecular weight is 231 g/mol. The van der Waals surface area contributed by atoms with Gasteiger partial charge < -0.3 is 0 Å². The minimum Gasteiger partial charge on any atom is -0.290 e. The van der Waals surface area contributed by atoms with E-state index in [2.05, 4.69) is 15.5 Å². The molecule has 0 radical (unpaired) electrons. The lowest BCUT2D eigenvalue weighted by Gasteiger charge is -2.04. The summed E-state index contributed by atoms with van der Waals surface area (Å²) in [5.74, 6) is 4.68. The van der Waals surface area contributed by atoms with Crippen molar-refractivity contribution in [1.82, 2.24) is 20.2 Å². The van der Waals surface area contributed by atoms with Gasteiger partial charge in [-0.05, 0) is 25.1 Å². The molecule has 0 spiro atoms. The molecule has 0 atom stereocenters. The van der Waals surface area contributed by atoms with Crippen LogP contribution >= 0.6 is 0 Å². The van der Waals surface area contributed by atoms with Crippen LogP contribution in [-0.4, -0.2) is 20.7 Å². The third-order valence-corrected chi connectivity index (χ3v) is 2.46. The molecule has 2 aromatic heterocycles. The van der Waals surface area contributed by atoms with Gasteiger partial charge in [0.05, 0.1) is 17.8 Å². The number of carbonyl (C=O) groups is 1. The second-order valence-corrected chi connectivity index (χ2v) is 3.64. The highest BCUT2D eigenvalue weighted by Gasteiger charge is 2.05. The van der Waals surface area contributed by atoms with Crippen molar-refractivity contribution in [1.29, 1.82) is 0 Å². The largest absolute Gasteiger partial charge is 0.290 e. The Morgan fingerprint density at radius 1 is 1.47 bits per heavy atom. The van der Waals surface area contributed by atoms with E-state index in [1.165, 1.54) is 6.20 Å². The van der Waals surface area contributed by atoms with Crippen LogP contribution in [0, 0.1) is 6.92 Å². The summed E-state index contributed by atoms with van der Waals surface area (Å²) in [4.78, 5) is 15.4. The number of nitrogens with two attached hydrogens (primary N) is 1. The second-order valence-electron chi connectivity index (χ2n) is 3.64. The van der Waals surface area contributed by atoms with E-state index in [-0.39, 0.29) is 5.91 Å². The smallest absolute Gasteiger partial charge is 0.266 e. The predicted molar refractivity (Wildman–Crippen MR) is 62.0 cm³/mol. The molecular weight excluding hydrogens is 218 g/mol. The van der Waals surface area contributed by atoms with Crippen molar-refractivity contribution < 1.29 is 4.79 Å². The van der Waals surface area contributed by atoms with E-state index in [1.54, 1.807) is 18.3 Å². The molecule has 1 amide bonds. The van der Waals surface area contributed by atoms with Gasteiger partial charge in [-0.15, -0.1) is 0 Å². The monoisotopic (exact) mass is 231 g/mol. The van der Waals surface area contributed by atoms with Crippen molar-refractivity contribution in [3.63, 3.8) is 0 Å². The molecule has 0 aliphatic carbocycles. The molecule has 0 saturated carbocycles. The van der Waals surface area contributed by atoms with E-state index < -0.39 is 0 Å². The van der Waals surface area contributed by atoms with E-state index >= 15 is 0 Å². The Labute approximate surface area is 98.4 Å². The summed E-state index contributed by atoms with van der Waals surface area (Å²) in [6.45, 7) is 2.56. The number of amides is 1. The normalized spacial score (nSPS) is 10.2. The topological polar surface area (TPSA) is 85.8 Å². The molecule has 0 fully saturated rings. The molecule has 0 unspecified atom stereocenters. The molecule has 6 nitrogen and oxygen atoms in total. The van der Waals surface area contributed by atoms with Crippen LogP contribution in [0.1, 0.15) is 21.7 Å². The molecule has 6 heteroatoms. The van der Waals surface area contributed by atoms with E-state index in [9.17, 15) is 4.79 Å². The maximum atomic E-state index is 11.2. The summed E-state index contributed by atoms with van der Waals surface area (Å²) in [6.07, 6.45) is 3.24. The van der Waals surface area contributed by atoms with Gasteiger partial charge in [-0.2, -0.15) is 5.10 Å². The maximum absolute atomic E-state index is 11.2. The van der Waals surface area contributed by atoms with Crippen molar-refractivity contribution in [2.45, 2.75) is 13.5 Å². The second kappa shape index (κ2) is 4.75. The third-order valence-electron chi connectivity index (χ3n) is 2.46. The molecule has 3 N–H and O–H groups in total. The molecule has 0 saturated heterocycles. The lowest BCUT2D eigenvalue weighted by Crippen LogP contribution is -2.30. The molecule has 2 heterocycles. The number of nitrogens with one attached hydrogen (secondary N) is 1. The van der Waals surface area contributed by atoms with Gasteiger partial charge in [0.15, 0.2) is 0 Å². The van der Waals surface area contributed by atoms with Gasteiger partial charge in [0.1, 0.15) is 0 Å². The zero-order chi connectivity index (χ0) is 12.3. The van der Waals surface area contributed by atoms with Crippen LogP contribution in [0.15, 0.2) is 30.6 Å². The number of hydrogen-bond acceptors (Lipinski definition) is 4. The van der Waals surface area contributed by atoms with E-state index in [4.69, 9.17) is 5.84 Å². The molecule has 2 rings (SSSR count). The Kier molecular flexibility index (Phi) is 3.15. The summed E-state index contributed by atoms with van der Waals surface area (Å²) < 4.78 is 1.84. The number of carbonyl (C=O) groups excluding carboxylic acids is 1. The van der Waals surface area contributed by atoms with E-state index in [0.29, 0.717) is 12.1 Å². The lowest BCUT2D eigenvalue weighted by molar-refractivity contribution is 0.0953. The standard InChI is InChI=1S/C11H13N5O/c1-8-4-5-14-16(8)7-10-3-2-9(6-13-10)11(17)15-12/h2-6H,7,12H2,1H3,(H,15,17). The van der Waals surface area contributed by atoms with Crippen LogP contribution in [0.5, 0.6) is 0 Å². The van der Waals surface area contributed by atoms with Gasteiger partial charge in [0.25, 0.3) is 5.91 Å². The summed E-state index contributed by atoms with van der Waals surface area (Å²) in [5.41, 5.74) is 4.40. The Bertz CT molecular complexity index is 517. The first-order valence-corrected chi connectivity index (χ1v) is 5.15. The first kappa shape index (κ1) is 11.3. The summed E-state index contributed by atoms with van der Waals surface area (Å²) in [5, 5.41) is 4.16. The van der Waals surface area contributed by atoms with E-state index in [0.717, 1.165) is 11.4 Å². The van der Waals surface area contributed by atoms with E-state index in [1.807, 2.05) is 17.7 Å². The highest BCUT2D eigenvalue weighted by molar-refractivity contribution is 5.93. The molecule has 17 heavy (non-hydrogen) atoms. The molecule has 0 aliphatic rings. The van der Waals surface area contributed by atoms with Crippen molar-refractivity contribution in [3.8, 4) is 0 Å². The third kappa shape index (κ3) is 2.48. The zero-order valence-electron chi connectivity index (χ0n) is 9.42. The van der Waals surface area contributed by atoms with Gasteiger partial charge in [0.2, 0.25) is 0 Å². The van der Waals surface area contributed by atoms with Crippen LogP contribution < -0.4 is 11.3 Å². The number of rotatable bonds is 3. The van der Waals surface area contributed by atoms with Gasteiger partial charge in [0, 0.05) is 18.1 Å². The Balaban J connectivity index is 2.14. The van der Waals surface area contributed by atoms with Gasteiger partial charge in [-0.3, -0.25) is 19.9 Å². The summed E-state index contributed by atoms with van der Waals surface area (Å²) >= 11 is 0. The molecule has 88 valence electrons. The quantitative estimate of drug-likeness (QED) is 0.450. The Morgan fingerprint density at radius 3 is 2.82 bits per heavy atom. The summed E-state index contributed by atoms with van der Waals surface area (Å²) in [7, 11) is 0. The number of hydrogen-bond donors (Lipinski definition) is 2. The number of pyridine rings is 1. The minimum absolute atomic E-state index is 0.348. The van der Waals surface area contributed by atoms with Crippen molar-refractivity contribution in [3.05, 3.63) is 47.5 Å². The molecule has 0 bridgehead atoms. The van der Waals surface area contributed by atoms with Crippen molar-refractivity contribution >= 4 is 5.91 Å². The summed E-state index contributed by atoms with van der Waals surface area (Å²) in [6, 6.07) is 5.39. The molecular formula is C11H13N5O. The maximum Gasteiger partial charge on any atom is 0.266 e. The lowest BCUT2D eigenvalue weighted by atomic mass is 10.2. The van der Waals surface area contributed by atoms with Crippen LogP contribution in [-0.2, 0) is 6.54 Å². The number of hydrazine groups is 1. The van der Waals surface area contributed by atoms with Crippen LogP contribution in [0.3, 0.4) is 0 Å². The first-order chi connectivity index (χ1) is 8.20. The fourth-order valence-electron chi connectivity index (χ4n) is 1.45.